The lowest BCUT2D eigenvalue weighted by Crippen LogP contribution is -2.08. The van der Waals surface area contributed by atoms with Gasteiger partial charge in [-0.1, -0.05) is 0 Å². The number of nitrogens with two attached hydrogens (primary N) is 1. The monoisotopic (exact) mass is 259 g/mol. The Hall–Kier alpha value is -1.43. The van der Waals surface area contributed by atoms with Crippen LogP contribution in [0, 0.1) is 5.82 Å². The van der Waals surface area contributed by atoms with E-state index < -0.39 is 15.7 Å². The number of Topliss-reactive ketones (excluding diaryl/α,β-unsaturated/α-hetero) is 1. The van der Waals surface area contributed by atoms with E-state index in [2.05, 4.69) is 0 Å². The molecule has 0 bridgehead atoms. The molecule has 0 amide bonds. The lowest BCUT2D eigenvalue weighted by atomic mass is 10.1. The van der Waals surface area contributed by atoms with Crippen LogP contribution in [0.1, 0.15) is 23.2 Å². The van der Waals surface area contributed by atoms with Crippen LogP contribution in [0.5, 0.6) is 0 Å². The fourth-order valence-electron chi connectivity index (χ4n) is 1.40. The average Bonchev–Trinajstić information content (AvgIpc) is 2.19. The Balaban J connectivity index is 2.67. The van der Waals surface area contributed by atoms with Gasteiger partial charge >= 0.3 is 0 Å². The largest absolute Gasteiger partial charge is 0.398 e. The van der Waals surface area contributed by atoms with Crippen molar-refractivity contribution < 1.29 is 17.6 Å². The molecule has 0 aliphatic rings. The van der Waals surface area contributed by atoms with Crippen LogP contribution < -0.4 is 5.73 Å². The van der Waals surface area contributed by atoms with E-state index in [4.69, 9.17) is 5.73 Å². The van der Waals surface area contributed by atoms with Gasteiger partial charge in [0.1, 0.15) is 15.7 Å². The van der Waals surface area contributed by atoms with E-state index >= 15 is 0 Å². The molecule has 0 aromatic heterocycles. The van der Waals surface area contributed by atoms with Crippen LogP contribution in [-0.4, -0.2) is 26.2 Å². The smallest absolute Gasteiger partial charge is 0.165 e. The Bertz CT molecular complexity index is 526. The van der Waals surface area contributed by atoms with Crippen molar-refractivity contribution in [2.45, 2.75) is 12.8 Å². The summed E-state index contributed by atoms with van der Waals surface area (Å²) in [6.07, 6.45) is 1.36. The van der Waals surface area contributed by atoms with Gasteiger partial charge in [0.15, 0.2) is 5.78 Å². The number of anilines is 1. The van der Waals surface area contributed by atoms with E-state index in [1.54, 1.807) is 0 Å². The van der Waals surface area contributed by atoms with Gasteiger partial charge in [0.25, 0.3) is 0 Å². The van der Waals surface area contributed by atoms with Crippen molar-refractivity contribution >= 4 is 21.3 Å². The molecule has 6 heteroatoms. The Morgan fingerprint density at radius 3 is 2.65 bits per heavy atom. The Morgan fingerprint density at radius 1 is 1.41 bits per heavy atom. The molecular formula is C11H14FNO3S. The van der Waals surface area contributed by atoms with E-state index in [-0.39, 0.29) is 35.6 Å². The molecule has 0 aliphatic carbocycles. The minimum atomic E-state index is -3.08. The zero-order valence-corrected chi connectivity index (χ0v) is 10.3. The highest BCUT2D eigenvalue weighted by Crippen LogP contribution is 2.16. The Labute approximate surface area is 99.5 Å². The molecule has 94 valence electrons. The van der Waals surface area contributed by atoms with Gasteiger partial charge < -0.3 is 5.73 Å². The summed E-state index contributed by atoms with van der Waals surface area (Å²) < 4.78 is 34.7. The maximum absolute atomic E-state index is 12.9. The lowest BCUT2D eigenvalue weighted by Gasteiger charge is -2.04. The molecular weight excluding hydrogens is 245 g/mol. The Morgan fingerprint density at radius 2 is 2.06 bits per heavy atom. The quantitative estimate of drug-likeness (QED) is 0.640. The molecule has 17 heavy (non-hydrogen) atoms. The number of carbonyl (C=O) groups excluding carboxylic acids is 1. The van der Waals surface area contributed by atoms with Crippen molar-refractivity contribution in [2.24, 2.45) is 0 Å². The number of halogens is 1. The number of benzene rings is 1. The molecule has 0 fully saturated rings. The number of hydrogen-bond donors (Lipinski definition) is 1. The van der Waals surface area contributed by atoms with E-state index in [1.165, 1.54) is 12.1 Å². The second-order valence-corrected chi connectivity index (χ2v) is 6.15. The number of ketones is 1. The SMILES string of the molecule is CS(=O)(=O)CCCC(=O)c1cc(F)ccc1N. The summed E-state index contributed by atoms with van der Waals surface area (Å²) in [6, 6.07) is 3.56. The molecule has 1 aromatic rings. The first-order chi connectivity index (χ1) is 7.79. The summed E-state index contributed by atoms with van der Waals surface area (Å²) in [7, 11) is -3.08. The number of rotatable bonds is 5. The van der Waals surface area contributed by atoms with Crippen LogP contribution in [0.3, 0.4) is 0 Å². The van der Waals surface area contributed by atoms with Crippen molar-refractivity contribution in [3.63, 3.8) is 0 Å². The van der Waals surface area contributed by atoms with Gasteiger partial charge in [0, 0.05) is 23.9 Å². The van der Waals surface area contributed by atoms with Gasteiger partial charge in [0.05, 0.1) is 5.75 Å². The third kappa shape index (κ3) is 4.52. The highest BCUT2D eigenvalue weighted by Gasteiger charge is 2.12. The summed E-state index contributed by atoms with van der Waals surface area (Å²) in [5.74, 6) is -0.940. The van der Waals surface area contributed by atoms with Gasteiger partial charge in [-0.2, -0.15) is 0 Å². The zero-order chi connectivity index (χ0) is 13.1. The minimum absolute atomic E-state index is 0.0424. The van der Waals surface area contributed by atoms with E-state index in [9.17, 15) is 17.6 Å². The third-order valence-corrected chi connectivity index (χ3v) is 3.26. The number of hydrogen-bond acceptors (Lipinski definition) is 4. The zero-order valence-electron chi connectivity index (χ0n) is 9.44. The molecule has 2 N–H and O–H groups in total. The van der Waals surface area contributed by atoms with E-state index in [1.807, 2.05) is 0 Å². The molecule has 0 spiro atoms. The van der Waals surface area contributed by atoms with Gasteiger partial charge in [0.2, 0.25) is 0 Å². The lowest BCUT2D eigenvalue weighted by molar-refractivity contribution is 0.0982. The van der Waals surface area contributed by atoms with Gasteiger partial charge in [-0.25, -0.2) is 12.8 Å². The van der Waals surface area contributed by atoms with Crippen molar-refractivity contribution in [3.8, 4) is 0 Å². The number of carbonyl (C=O) groups is 1. The van der Waals surface area contributed by atoms with E-state index in [0.717, 1.165) is 12.3 Å². The summed E-state index contributed by atoms with van der Waals surface area (Å²) in [4.78, 5) is 11.7. The van der Waals surface area contributed by atoms with Crippen molar-refractivity contribution in [1.82, 2.24) is 0 Å². The van der Waals surface area contributed by atoms with Crippen molar-refractivity contribution in [3.05, 3.63) is 29.6 Å². The highest BCUT2D eigenvalue weighted by atomic mass is 32.2. The van der Waals surface area contributed by atoms with Crippen LogP contribution in [0.15, 0.2) is 18.2 Å². The molecule has 1 aromatic carbocycles. The summed E-state index contributed by atoms with van der Waals surface area (Å²) >= 11 is 0. The van der Waals surface area contributed by atoms with Crippen molar-refractivity contribution in [1.29, 1.82) is 0 Å². The number of nitrogen functional groups attached to an aromatic ring is 1. The predicted molar refractivity (Wildman–Crippen MR) is 64.1 cm³/mol. The summed E-state index contributed by atoms with van der Waals surface area (Å²) in [5, 5.41) is 0. The molecule has 0 radical (unpaired) electrons. The molecule has 1 rings (SSSR count). The maximum atomic E-state index is 12.9. The maximum Gasteiger partial charge on any atom is 0.165 e. The fourth-order valence-corrected chi connectivity index (χ4v) is 2.07. The minimum Gasteiger partial charge on any atom is -0.398 e. The second-order valence-electron chi connectivity index (χ2n) is 3.89. The fraction of sp³-hybridized carbons (Fsp3) is 0.364. The molecule has 0 saturated heterocycles. The number of sulfone groups is 1. The first-order valence-corrected chi connectivity index (χ1v) is 7.11. The van der Waals surface area contributed by atoms with Crippen LogP contribution in [0.2, 0.25) is 0 Å². The molecule has 0 unspecified atom stereocenters. The molecule has 0 atom stereocenters. The Kier molecular flexibility index (Phi) is 4.22. The average molecular weight is 259 g/mol. The van der Waals surface area contributed by atoms with Crippen LogP contribution in [0.25, 0.3) is 0 Å². The molecule has 0 aliphatic heterocycles. The van der Waals surface area contributed by atoms with Crippen LogP contribution >= 0.6 is 0 Å². The third-order valence-electron chi connectivity index (χ3n) is 2.23. The second kappa shape index (κ2) is 5.27. The first kappa shape index (κ1) is 13.6. The highest BCUT2D eigenvalue weighted by molar-refractivity contribution is 7.90. The standard InChI is InChI=1S/C11H14FNO3S/c1-17(15,16)6-2-3-11(14)9-7-8(12)4-5-10(9)13/h4-5,7H,2-3,6,13H2,1H3. The van der Waals surface area contributed by atoms with Crippen LogP contribution in [0.4, 0.5) is 10.1 Å². The molecule has 4 nitrogen and oxygen atoms in total. The summed E-state index contributed by atoms with van der Waals surface area (Å²) in [6.45, 7) is 0. The topological polar surface area (TPSA) is 77.2 Å². The summed E-state index contributed by atoms with van der Waals surface area (Å²) in [5.41, 5.74) is 5.86. The van der Waals surface area contributed by atoms with Gasteiger partial charge in [-0.15, -0.1) is 0 Å². The normalized spacial score (nSPS) is 11.4. The van der Waals surface area contributed by atoms with Crippen molar-refractivity contribution in [2.75, 3.05) is 17.7 Å². The van der Waals surface area contributed by atoms with Gasteiger partial charge in [-0.3, -0.25) is 4.79 Å². The van der Waals surface area contributed by atoms with E-state index in [0.29, 0.717) is 0 Å². The van der Waals surface area contributed by atoms with Crippen LogP contribution in [-0.2, 0) is 9.84 Å². The predicted octanol–water partition coefficient (Wildman–Crippen LogP) is 1.42. The molecule has 0 heterocycles. The molecule has 0 saturated carbocycles. The first-order valence-electron chi connectivity index (χ1n) is 5.05. The van der Waals surface area contributed by atoms with Gasteiger partial charge in [-0.05, 0) is 24.6 Å².